The molecule has 2 heterocycles. The molecule has 3 N–H and O–H groups in total. The normalized spacial score (nSPS) is 22.1. The molecule has 3 atom stereocenters. The maximum atomic E-state index is 12.8. The molecule has 4 rings (SSSR count). The van der Waals surface area contributed by atoms with E-state index in [9.17, 15) is 9.90 Å². The number of nitrogens with zero attached hydrogens (tertiary/aromatic N) is 3. The summed E-state index contributed by atoms with van der Waals surface area (Å²) in [5.74, 6) is 0.650. The molecule has 2 aromatic heterocycles. The average Bonchev–Trinajstić information content (AvgIpc) is 3.38. The van der Waals surface area contributed by atoms with Crippen molar-refractivity contribution >= 4 is 17.5 Å². The van der Waals surface area contributed by atoms with E-state index in [0.29, 0.717) is 35.8 Å². The number of aliphatic hydroxyl groups excluding tert-OH is 1. The summed E-state index contributed by atoms with van der Waals surface area (Å²) in [5.41, 5.74) is 1.26. The number of aliphatic hydroxyl groups is 1. The molecular formula is C19H20ClN5O2. The van der Waals surface area contributed by atoms with Crippen LogP contribution in [0, 0.1) is 5.92 Å². The van der Waals surface area contributed by atoms with Crippen LogP contribution in [0.15, 0.2) is 49.1 Å². The number of imidazole rings is 1. The first-order valence-corrected chi connectivity index (χ1v) is 9.23. The fourth-order valence-electron chi connectivity index (χ4n) is 3.67. The molecule has 0 radical (unpaired) electrons. The Morgan fingerprint density at radius 2 is 2.22 bits per heavy atom. The lowest BCUT2D eigenvalue weighted by Gasteiger charge is -2.17. The highest BCUT2D eigenvalue weighted by molar-refractivity contribution is 6.30. The van der Waals surface area contributed by atoms with E-state index in [1.165, 1.54) is 0 Å². The molecular weight excluding hydrogens is 366 g/mol. The van der Waals surface area contributed by atoms with Crippen molar-refractivity contribution in [1.82, 2.24) is 25.1 Å². The van der Waals surface area contributed by atoms with E-state index in [2.05, 4.69) is 20.4 Å². The Kier molecular flexibility index (Phi) is 4.96. The van der Waals surface area contributed by atoms with Crippen LogP contribution in [-0.2, 0) is 6.54 Å². The van der Waals surface area contributed by atoms with Gasteiger partial charge in [0.05, 0.1) is 28.9 Å². The van der Waals surface area contributed by atoms with Crippen molar-refractivity contribution in [2.24, 2.45) is 5.92 Å². The van der Waals surface area contributed by atoms with Crippen molar-refractivity contribution < 1.29 is 9.90 Å². The van der Waals surface area contributed by atoms with Gasteiger partial charge in [-0.15, -0.1) is 0 Å². The van der Waals surface area contributed by atoms with Crippen LogP contribution < -0.4 is 5.32 Å². The van der Waals surface area contributed by atoms with Gasteiger partial charge < -0.3 is 15.4 Å². The molecule has 1 aliphatic rings. The van der Waals surface area contributed by atoms with Crippen molar-refractivity contribution in [1.29, 1.82) is 0 Å². The van der Waals surface area contributed by atoms with Gasteiger partial charge in [-0.1, -0.05) is 29.8 Å². The molecule has 1 fully saturated rings. The number of H-pyrrole nitrogens is 1. The maximum absolute atomic E-state index is 12.8. The zero-order valence-corrected chi connectivity index (χ0v) is 15.3. The van der Waals surface area contributed by atoms with Crippen molar-refractivity contribution in [3.63, 3.8) is 0 Å². The smallest absolute Gasteiger partial charge is 0.252 e. The van der Waals surface area contributed by atoms with Gasteiger partial charge in [-0.2, -0.15) is 5.10 Å². The topological polar surface area (TPSA) is 95.8 Å². The minimum absolute atomic E-state index is 0.214. The number of carbonyl (C=O) groups excluding carboxylic acids is 1. The summed E-state index contributed by atoms with van der Waals surface area (Å²) in [6.45, 7) is 0.666. The van der Waals surface area contributed by atoms with Gasteiger partial charge in [0.15, 0.2) is 0 Å². The van der Waals surface area contributed by atoms with Crippen LogP contribution in [0.2, 0.25) is 5.02 Å². The molecule has 8 heteroatoms. The van der Waals surface area contributed by atoms with Crippen LogP contribution in [-0.4, -0.2) is 42.9 Å². The molecule has 3 aromatic rings. The standard InChI is InChI=1S/C19H20ClN5O2/c20-13-9-23-25(11-13)10-12-7-16(17(26)8-12)24-19(27)15-4-2-1-3-14(15)18-21-5-6-22-18/h1-6,9,11-12,16-17,26H,7-8,10H2,(H,21,22)(H,24,27)/t12?,16-,17-/m1/s1. The molecule has 7 nitrogen and oxygen atoms in total. The van der Waals surface area contributed by atoms with Crippen molar-refractivity contribution in [3.05, 3.63) is 59.6 Å². The van der Waals surface area contributed by atoms with Crippen LogP contribution in [0.1, 0.15) is 23.2 Å². The monoisotopic (exact) mass is 385 g/mol. The number of carbonyl (C=O) groups is 1. The Balaban J connectivity index is 1.44. The number of hydrogen-bond acceptors (Lipinski definition) is 4. The summed E-state index contributed by atoms with van der Waals surface area (Å²) in [6.07, 6.45) is 7.45. The van der Waals surface area contributed by atoms with E-state index in [4.69, 9.17) is 11.6 Å². The molecule has 1 unspecified atom stereocenters. The minimum atomic E-state index is -0.583. The number of rotatable bonds is 5. The highest BCUT2D eigenvalue weighted by Crippen LogP contribution is 2.28. The summed E-state index contributed by atoms with van der Waals surface area (Å²) in [5, 5.41) is 18.2. The third kappa shape index (κ3) is 3.89. The molecule has 0 aliphatic heterocycles. The van der Waals surface area contributed by atoms with Gasteiger partial charge in [-0.25, -0.2) is 4.98 Å². The fraction of sp³-hybridized carbons (Fsp3) is 0.316. The lowest BCUT2D eigenvalue weighted by Crippen LogP contribution is -2.40. The van der Waals surface area contributed by atoms with Crippen LogP contribution in [0.4, 0.5) is 0 Å². The second-order valence-electron chi connectivity index (χ2n) is 6.85. The number of halogens is 1. The number of amides is 1. The van der Waals surface area contributed by atoms with Gasteiger partial charge in [-0.05, 0) is 24.8 Å². The third-order valence-corrected chi connectivity index (χ3v) is 5.11. The highest BCUT2D eigenvalue weighted by atomic mass is 35.5. The predicted molar refractivity (Wildman–Crippen MR) is 101 cm³/mol. The SMILES string of the molecule is O=C(N[C@@H]1CC(Cn2cc(Cl)cn2)C[C@H]1O)c1ccccc1-c1ncc[nH]1. The number of aromatic nitrogens is 4. The van der Waals surface area contributed by atoms with E-state index in [1.54, 1.807) is 35.5 Å². The van der Waals surface area contributed by atoms with Crippen molar-refractivity contribution in [2.75, 3.05) is 0 Å². The van der Waals surface area contributed by atoms with E-state index in [0.717, 1.165) is 5.56 Å². The minimum Gasteiger partial charge on any atom is -0.391 e. The Morgan fingerprint density at radius 3 is 2.96 bits per heavy atom. The Bertz CT molecular complexity index is 924. The number of benzene rings is 1. The maximum Gasteiger partial charge on any atom is 0.252 e. The molecule has 140 valence electrons. The van der Waals surface area contributed by atoms with Gasteiger partial charge in [0.25, 0.3) is 5.91 Å². The lowest BCUT2D eigenvalue weighted by atomic mass is 10.1. The van der Waals surface area contributed by atoms with Crippen LogP contribution >= 0.6 is 11.6 Å². The van der Waals surface area contributed by atoms with Gasteiger partial charge in [0, 0.05) is 30.7 Å². The molecule has 1 amide bonds. The predicted octanol–water partition coefficient (Wildman–Crippen LogP) is 2.50. The average molecular weight is 386 g/mol. The first kappa shape index (κ1) is 17.8. The zero-order valence-electron chi connectivity index (χ0n) is 14.5. The molecule has 0 spiro atoms. The summed E-state index contributed by atoms with van der Waals surface area (Å²) >= 11 is 5.90. The van der Waals surface area contributed by atoms with E-state index < -0.39 is 6.10 Å². The van der Waals surface area contributed by atoms with Gasteiger partial charge in [0.2, 0.25) is 0 Å². The first-order valence-electron chi connectivity index (χ1n) is 8.86. The van der Waals surface area contributed by atoms with Crippen LogP contribution in [0.5, 0.6) is 0 Å². The molecule has 1 saturated carbocycles. The largest absolute Gasteiger partial charge is 0.391 e. The quantitative estimate of drug-likeness (QED) is 0.628. The fourth-order valence-corrected chi connectivity index (χ4v) is 3.83. The van der Waals surface area contributed by atoms with Crippen molar-refractivity contribution in [3.8, 4) is 11.4 Å². The van der Waals surface area contributed by atoms with E-state index >= 15 is 0 Å². The molecule has 1 aliphatic carbocycles. The summed E-state index contributed by atoms with van der Waals surface area (Å²) < 4.78 is 1.77. The van der Waals surface area contributed by atoms with Gasteiger partial charge >= 0.3 is 0 Å². The van der Waals surface area contributed by atoms with Gasteiger partial charge in [0.1, 0.15) is 5.82 Å². The van der Waals surface area contributed by atoms with E-state index in [1.807, 2.05) is 18.2 Å². The molecule has 27 heavy (non-hydrogen) atoms. The lowest BCUT2D eigenvalue weighted by molar-refractivity contribution is 0.0873. The molecule has 0 saturated heterocycles. The first-order chi connectivity index (χ1) is 13.1. The number of aromatic amines is 1. The second-order valence-corrected chi connectivity index (χ2v) is 7.29. The van der Waals surface area contributed by atoms with Crippen molar-refractivity contribution in [2.45, 2.75) is 31.5 Å². The summed E-state index contributed by atoms with van der Waals surface area (Å²) in [6, 6.07) is 7.00. The zero-order chi connectivity index (χ0) is 18.8. The Hall–Kier alpha value is -2.64. The second kappa shape index (κ2) is 7.54. The third-order valence-electron chi connectivity index (χ3n) is 4.92. The Morgan fingerprint density at radius 1 is 1.37 bits per heavy atom. The van der Waals surface area contributed by atoms with Crippen LogP contribution in [0.25, 0.3) is 11.4 Å². The van der Waals surface area contributed by atoms with E-state index in [-0.39, 0.29) is 17.9 Å². The van der Waals surface area contributed by atoms with Crippen LogP contribution in [0.3, 0.4) is 0 Å². The molecule has 1 aromatic carbocycles. The number of nitrogens with one attached hydrogen (secondary N) is 2. The van der Waals surface area contributed by atoms with Gasteiger partial charge in [-0.3, -0.25) is 9.48 Å². The highest BCUT2D eigenvalue weighted by Gasteiger charge is 2.34. The summed E-state index contributed by atoms with van der Waals surface area (Å²) in [7, 11) is 0. The molecule has 0 bridgehead atoms. The Labute approximate surface area is 161 Å². The number of hydrogen-bond donors (Lipinski definition) is 3. The summed E-state index contributed by atoms with van der Waals surface area (Å²) in [4.78, 5) is 20.1.